The van der Waals surface area contributed by atoms with Gasteiger partial charge in [0.15, 0.2) is 0 Å². The molecule has 2 rings (SSSR count). The van der Waals surface area contributed by atoms with Crippen molar-refractivity contribution in [3.8, 4) is 0 Å². The number of fused-ring (bicyclic) bond motifs is 1. The van der Waals surface area contributed by atoms with Crippen LogP contribution in [0.5, 0.6) is 0 Å². The fourth-order valence-electron chi connectivity index (χ4n) is 2.46. The first-order valence-electron chi connectivity index (χ1n) is 6.68. The van der Waals surface area contributed by atoms with E-state index in [2.05, 4.69) is 43.3 Å². The largest absolute Gasteiger partial charge is 0.330 e. The molecule has 0 amide bonds. The number of hydrogen-bond donors (Lipinski definition) is 2. The second-order valence-electron chi connectivity index (χ2n) is 4.91. The van der Waals surface area contributed by atoms with Gasteiger partial charge in [-0.3, -0.25) is 0 Å². The smallest absolute Gasteiger partial charge is 0.0301 e. The maximum Gasteiger partial charge on any atom is 0.0301 e. The van der Waals surface area contributed by atoms with Crippen LogP contribution in [0.1, 0.15) is 36.4 Å². The van der Waals surface area contributed by atoms with Crippen molar-refractivity contribution in [1.82, 2.24) is 0 Å². The third kappa shape index (κ3) is 2.71. The molecule has 0 spiro atoms. The molecule has 0 bridgehead atoms. The van der Waals surface area contributed by atoms with Crippen LogP contribution in [0.15, 0.2) is 36.4 Å². The van der Waals surface area contributed by atoms with Crippen LogP contribution in [0.2, 0.25) is 0 Å². The summed E-state index contributed by atoms with van der Waals surface area (Å²) in [6.07, 6.45) is 3.15. The van der Waals surface area contributed by atoms with Crippen LogP contribution in [0.3, 0.4) is 0 Å². The van der Waals surface area contributed by atoms with Crippen LogP contribution >= 0.6 is 0 Å². The second-order valence-corrected chi connectivity index (χ2v) is 4.91. The zero-order valence-corrected chi connectivity index (χ0v) is 11.0. The summed E-state index contributed by atoms with van der Waals surface area (Å²) in [6, 6.07) is 12.9. The van der Waals surface area contributed by atoms with Crippen LogP contribution in [0, 0.1) is 6.92 Å². The minimum Gasteiger partial charge on any atom is -0.330 e. The van der Waals surface area contributed by atoms with Gasteiger partial charge in [0.25, 0.3) is 0 Å². The van der Waals surface area contributed by atoms with E-state index in [-0.39, 0.29) is 6.04 Å². The Balaban J connectivity index is 2.30. The van der Waals surface area contributed by atoms with Gasteiger partial charge in [0.05, 0.1) is 0 Å². The predicted octanol–water partition coefficient (Wildman–Crippen LogP) is 3.28. The van der Waals surface area contributed by atoms with Crippen LogP contribution in [-0.2, 0) is 0 Å². The molecular weight excluding hydrogens is 220 g/mol. The molecule has 0 saturated heterocycles. The van der Waals surface area contributed by atoms with E-state index in [1.165, 1.54) is 21.9 Å². The van der Waals surface area contributed by atoms with Crippen LogP contribution < -0.4 is 11.5 Å². The number of hydrogen-bond acceptors (Lipinski definition) is 2. The first kappa shape index (κ1) is 13.1. The monoisotopic (exact) mass is 242 g/mol. The van der Waals surface area contributed by atoms with Crippen LogP contribution in [-0.4, -0.2) is 6.54 Å². The lowest BCUT2D eigenvalue weighted by Crippen LogP contribution is -2.11. The molecule has 1 atom stereocenters. The first-order valence-corrected chi connectivity index (χ1v) is 6.68. The summed E-state index contributed by atoms with van der Waals surface area (Å²) in [7, 11) is 0. The minimum atomic E-state index is 0.113. The number of benzene rings is 2. The summed E-state index contributed by atoms with van der Waals surface area (Å²) in [5, 5.41) is 2.60. The van der Waals surface area contributed by atoms with E-state index >= 15 is 0 Å². The fraction of sp³-hybridized carbons (Fsp3) is 0.375. The average molecular weight is 242 g/mol. The maximum atomic E-state index is 6.31. The van der Waals surface area contributed by atoms with E-state index in [1.54, 1.807) is 0 Å². The molecule has 0 aliphatic heterocycles. The minimum absolute atomic E-state index is 0.113. The molecule has 18 heavy (non-hydrogen) atoms. The Morgan fingerprint density at radius 3 is 2.44 bits per heavy atom. The molecule has 0 radical (unpaired) electrons. The standard InChI is InChI=1S/C16H22N2/c1-12-9-10-15(16(18)8-4-5-11-17)14-7-3-2-6-13(12)14/h2-3,6-7,9-10,16H,4-5,8,11,17-18H2,1H3/t16-/m1/s1. The highest BCUT2D eigenvalue weighted by atomic mass is 14.6. The third-order valence-corrected chi connectivity index (χ3v) is 3.54. The Labute approximate surface area is 109 Å². The number of nitrogens with two attached hydrogens (primary N) is 2. The Morgan fingerprint density at radius 1 is 1.00 bits per heavy atom. The van der Waals surface area contributed by atoms with Gasteiger partial charge in [-0.2, -0.15) is 0 Å². The Hall–Kier alpha value is -1.38. The van der Waals surface area contributed by atoms with Gasteiger partial charge in [-0.25, -0.2) is 0 Å². The van der Waals surface area contributed by atoms with Crippen molar-refractivity contribution in [2.24, 2.45) is 11.5 Å². The number of unbranched alkanes of at least 4 members (excludes halogenated alkanes) is 1. The van der Waals surface area contributed by atoms with Gasteiger partial charge in [-0.1, -0.05) is 42.8 Å². The lowest BCUT2D eigenvalue weighted by atomic mass is 9.94. The third-order valence-electron chi connectivity index (χ3n) is 3.54. The lowest BCUT2D eigenvalue weighted by molar-refractivity contribution is 0.594. The van der Waals surface area contributed by atoms with E-state index in [4.69, 9.17) is 11.5 Å². The van der Waals surface area contributed by atoms with Crippen LogP contribution in [0.4, 0.5) is 0 Å². The van der Waals surface area contributed by atoms with Crippen molar-refractivity contribution in [3.05, 3.63) is 47.5 Å². The summed E-state index contributed by atoms with van der Waals surface area (Å²) in [6.45, 7) is 2.90. The van der Waals surface area contributed by atoms with Gasteiger partial charge in [0.2, 0.25) is 0 Å². The molecule has 0 aliphatic carbocycles. The zero-order chi connectivity index (χ0) is 13.0. The number of rotatable bonds is 5. The van der Waals surface area contributed by atoms with Crippen molar-refractivity contribution in [2.75, 3.05) is 6.54 Å². The fourth-order valence-corrected chi connectivity index (χ4v) is 2.46. The average Bonchev–Trinajstić information content (AvgIpc) is 2.39. The Kier molecular flexibility index (Phi) is 4.34. The Bertz CT molecular complexity index is 519. The molecule has 2 heteroatoms. The molecule has 0 aliphatic rings. The van der Waals surface area contributed by atoms with Crippen molar-refractivity contribution in [3.63, 3.8) is 0 Å². The highest BCUT2D eigenvalue weighted by Crippen LogP contribution is 2.28. The molecule has 0 fully saturated rings. The topological polar surface area (TPSA) is 52.0 Å². The molecule has 0 unspecified atom stereocenters. The summed E-state index contributed by atoms with van der Waals surface area (Å²) in [5.74, 6) is 0. The van der Waals surface area contributed by atoms with Gasteiger partial charge in [-0.05, 0) is 48.2 Å². The summed E-state index contributed by atoms with van der Waals surface area (Å²) in [5.41, 5.74) is 14.4. The summed E-state index contributed by atoms with van der Waals surface area (Å²) in [4.78, 5) is 0. The highest BCUT2D eigenvalue weighted by molar-refractivity contribution is 5.88. The predicted molar refractivity (Wildman–Crippen MR) is 78.5 cm³/mol. The molecular formula is C16H22N2. The van der Waals surface area contributed by atoms with Gasteiger partial charge in [-0.15, -0.1) is 0 Å². The highest BCUT2D eigenvalue weighted by Gasteiger charge is 2.10. The maximum absolute atomic E-state index is 6.31. The van der Waals surface area contributed by atoms with Gasteiger partial charge in [0, 0.05) is 6.04 Å². The molecule has 2 aromatic carbocycles. The van der Waals surface area contributed by atoms with Crippen molar-refractivity contribution in [1.29, 1.82) is 0 Å². The zero-order valence-electron chi connectivity index (χ0n) is 11.0. The molecule has 96 valence electrons. The molecule has 2 nitrogen and oxygen atoms in total. The quantitative estimate of drug-likeness (QED) is 0.791. The van der Waals surface area contributed by atoms with E-state index in [0.717, 1.165) is 25.8 Å². The first-order chi connectivity index (χ1) is 8.74. The van der Waals surface area contributed by atoms with E-state index in [0.29, 0.717) is 0 Å². The van der Waals surface area contributed by atoms with E-state index < -0.39 is 0 Å². The molecule has 2 aromatic rings. The lowest BCUT2D eigenvalue weighted by Gasteiger charge is -2.15. The molecule has 0 aromatic heterocycles. The normalized spacial score (nSPS) is 12.8. The van der Waals surface area contributed by atoms with E-state index in [1.807, 2.05) is 0 Å². The van der Waals surface area contributed by atoms with Crippen molar-refractivity contribution < 1.29 is 0 Å². The van der Waals surface area contributed by atoms with Crippen molar-refractivity contribution >= 4 is 10.8 Å². The molecule has 0 saturated carbocycles. The molecule has 4 N–H and O–H groups in total. The van der Waals surface area contributed by atoms with Crippen molar-refractivity contribution in [2.45, 2.75) is 32.2 Å². The summed E-state index contributed by atoms with van der Waals surface area (Å²) < 4.78 is 0. The second kappa shape index (κ2) is 5.98. The van der Waals surface area contributed by atoms with Gasteiger partial charge < -0.3 is 11.5 Å². The summed E-state index contributed by atoms with van der Waals surface area (Å²) >= 11 is 0. The Morgan fingerprint density at radius 2 is 1.72 bits per heavy atom. The van der Waals surface area contributed by atoms with Gasteiger partial charge in [0.1, 0.15) is 0 Å². The van der Waals surface area contributed by atoms with Gasteiger partial charge >= 0.3 is 0 Å². The van der Waals surface area contributed by atoms with E-state index in [9.17, 15) is 0 Å². The van der Waals surface area contributed by atoms with Crippen LogP contribution in [0.25, 0.3) is 10.8 Å². The number of aryl methyl sites for hydroxylation is 1. The molecule has 0 heterocycles. The SMILES string of the molecule is Cc1ccc([C@H](N)CCCCN)c2ccccc12.